The van der Waals surface area contributed by atoms with Crippen LogP contribution in [0.4, 0.5) is 0 Å². The van der Waals surface area contributed by atoms with E-state index in [0.29, 0.717) is 6.04 Å². The van der Waals surface area contributed by atoms with Crippen LogP contribution in [-0.4, -0.2) is 28.4 Å². The van der Waals surface area contributed by atoms with Crippen molar-refractivity contribution in [3.8, 4) is 0 Å². The molecule has 1 saturated heterocycles. The summed E-state index contributed by atoms with van der Waals surface area (Å²) in [7, 11) is 0. The van der Waals surface area contributed by atoms with Crippen LogP contribution < -0.4 is 10.0 Å². The maximum Gasteiger partial charge on any atom is 0.146 e. The monoisotopic (exact) mass is 282 g/mol. The van der Waals surface area contributed by atoms with E-state index in [1.54, 1.807) is 0 Å². The largest absolute Gasteiger partial charge is 0.598 e. The minimum atomic E-state index is -0.800. The van der Waals surface area contributed by atoms with E-state index in [1.807, 2.05) is 0 Å². The second-order valence-electron chi connectivity index (χ2n) is 7.51. The molecule has 1 aliphatic heterocycles. The van der Waals surface area contributed by atoms with Gasteiger partial charge in [-0.3, -0.25) is 0 Å². The minimum absolute atomic E-state index is 0.152. The Kier molecular flexibility index (Phi) is 3.34. The average molecular weight is 282 g/mol. The van der Waals surface area contributed by atoms with Gasteiger partial charge in [-0.15, -0.1) is 4.72 Å². The Morgan fingerprint density at radius 3 is 2.00 bits per heavy atom. The zero-order valence-electron chi connectivity index (χ0n) is 11.7. The lowest BCUT2D eigenvalue weighted by Gasteiger charge is -2.55. The van der Waals surface area contributed by atoms with Crippen molar-refractivity contribution in [2.75, 3.05) is 13.1 Å². The lowest BCUT2D eigenvalue weighted by Crippen LogP contribution is -2.59. The van der Waals surface area contributed by atoms with E-state index in [4.69, 9.17) is 0 Å². The molecule has 5 fully saturated rings. The molecule has 1 atom stereocenters. The number of piperidine rings is 1. The van der Waals surface area contributed by atoms with Gasteiger partial charge in [0.15, 0.2) is 0 Å². The Morgan fingerprint density at radius 1 is 0.947 bits per heavy atom. The second kappa shape index (κ2) is 4.90. The molecule has 4 saturated carbocycles. The first-order valence-electron chi connectivity index (χ1n) is 8.12. The molecule has 0 aromatic carbocycles. The van der Waals surface area contributed by atoms with Gasteiger partial charge in [-0.25, -0.2) is 0 Å². The molecule has 1 unspecified atom stereocenters. The second-order valence-corrected chi connectivity index (χ2v) is 9.15. The van der Waals surface area contributed by atoms with Crippen molar-refractivity contribution in [3.63, 3.8) is 0 Å². The first kappa shape index (κ1) is 12.9. The molecule has 0 amide bonds. The standard InChI is InChI=1S/C15H26N2OS/c18-19(17-14-1-3-16-4-2-14)15-8-11-5-12(9-15)7-13(6-11)10-15/h11-14,16-17H,1-10H2. The lowest BCUT2D eigenvalue weighted by atomic mass is 9.56. The van der Waals surface area contributed by atoms with Crippen LogP contribution in [0.5, 0.6) is 0 Å². The molecule has 0 spiro atoms. The summed E-state index contributed by atoms with van der Waals surface area (Å²) >= 11 is -0.800. The van der Waals surface area contributed by atoms with E-state index in [2.05, 4.69) is 10.0 Å². The van der Waals surface area contributed by atoms with Gasteiger partial charge in [0.1, 0.15) is 4.75 Å². The molecule has 4 heteroatoms. The summed E-state index contributed by atoms with van der Waals surface area (Å²) in [5, 5.41) is 3.38. The topological polar surface area (TPSA) is 47.1 Å². The summed E-state index contributed by atoms with van der Waals surface area (Å²) in [6, 6.07) is 0.482. The van der Waals surface area contributed by atoms with E-state index in [9.17, 15) is 4.55 Å². The van der Waals surface area contributed by atoms with Crippen molar-refractivity contribution in [1.29, 1.82) is 0 Å². The summed E-state index contributed by atoms with van der Waals surface area (Å²) in [6.07, 6.45) is 10.3. The summed E-state index contributed by atoms with van der Waals surface area (Å²) in [5.41, 5.74) is 0. The lowest BCUT2D eigenvalue weighted by molar-refractivity contribution is 0.0331. The van der Waals surface area contributed by atoms with Gasteiger partial charge in [0.2, 0.25) is 0 Å². The van der Waals surface area contributed by atoms with Crippen molar-refractivity contribution in [1.82, 2.24) is 10.0 Å². The molecule has 1 heterocycles. The summed E-state index contributed by atoms with van der Waals surface area (Å²) in [6.45, 7) is 2.16. The fourth-order valence-corrected chi connectivity index (χ4v) is 7.42. The summed E-state index contributed by atoms with van der Waals surface area (Å²) < 4.78 is 16.6. The fraction of sp³-hybridized carbons (Fsp3) is 1.00. The van der Waals surface area contributed by atoms with Gasteiger partial charge in [0, 0.05) is 30.6 Å². The Labute approximate surface area is 119 Å². The highest BCUT2D eigenvalue weighted by molar-refractivity contribution is 7.90. The molecule has 108 valence electrons. The van der Waals surface area contributed by atoms with Crippen molar-refractivity contribution >= 4 is 11.4 Å². The van der Waals surface area contributed by atoms with Gasteiger partial charge in [-0.05, 0) is 62.9 Å². The highest BCUT2D eigenvalue weighted by Crippen LogP contribution is 2.58. The van der Waals surface area contributed by atoms with E-state index in [1.165, 1.54) is 38.5 Å². The van der Waals surface area contributed by atoms with Gasteiger partial charge in [-0.1, -0.05) is 0 Å². The molecule has 5 aliphatic rings. The van der Waals surface area contributed by atoms with Crippen LogP contribution in [0.3, 0.4) is 0 Å². The van der Waals surface area contributed by atoms with Crippen molar-refractivity contribution in [3.05, 3.63) is 0 Å². The highest BCUT2D eigenvalue weighted by atomic mass is 32.2. The predicted molar refractivity (Wildman–Crippen MR) is 78.1 cm³/mol. The van der Waals surface area contributed by atoms with Crippen molar-refractivity contribution in [2.45, 2.75) is 62.2 Å². The van der Waals surface area contributed by atoms with E-state index < -0.39 is 11.4 Å². The van der Waals surface area contributed by atoms with Crippen LogP contribution in [0.2, 0.25) is 0 Å². The van der Waals surface area contributed by atoms with Gasteiger partial charge in [-0.2, -0.15) is 0 Å². The third-order valence-corrected chi connectivity index (χ3v) is 7.82. The van der Waals surface area contributed by atoms with Crippen LogP contribution in [0.1, 0.15) is 51.4 Å². The number of rotatable bonds is 3. The van der Waals surface area contributed by atoms with Crippen molar-refractivity contribution in [2.24, 2.45) is 17.8 Å². The molecule has 2 N–H and O–H groups in total. The van der Waals surface area contributed by atoms with Crippen LogP contribution in [-0.2, 0) is 11.4 Å². The van der Waals surface area contributed by atoms with E-state index in [0.717, 1.165) is 43.7 Å². The molecule has 0 aromatic heterocycles. The third kappa shape index (κ3) is 2.35. The summed E-state index contributed by atoms with van der Waals surface area (Å²) in [5.74, 6) is 2.68. The zero-order chi connectivity index (χ0) is 12.9. The number of hydrogen-bond donors (Lipinski definition) is 2. The predicted octanol–water partition coefficient (Wildman–Crippen LogP) is 1.96. The Balaban J connectivity index is 1.45. The maximum atomic E-state index is 12.9. The van der Waals surface area contributed by atoms with Gasteiger partial charge in [0.25, 0.3) is 0 Å². The van der Waals surface area contributed by atoms with E-state index >= 15 is 0 Å². The number of hydrogen-bond acceptors (Lipinski definition) is 3. The quantitative estimate of drug-likeness (QED) is 0.778. The van der Waals surface area contributed by atoms with Gasteiger partial charge < -0.3 is 9.87 Å². The molecular formula is C15H26N2OS. The molecule has 0 aromatic rings. The summed E-state index contributed by atoms with van der Waals surface area (Å²) in [4.78, 5) is 0. The normalized spacial score (nSPS) is 47.5. The van der Waals surface area contributed by atoms with E-state index in [-0.39, 0.29) is 4.75 Å². The van der Waals surface area contributed by atoms with Crippen molar-refractivity contribution < 1.29 is 4.55 Å². The van der Waals surface area contributed by atoms with Gasteiger partial charge in [0.05, 0.1) is 6.04 Å². The molecule has 19 heavy (non-hydrogen) atoms. The Morgan fingerprint density at radius 2 is 1.47 bits per heavy atom. The SMILES string of the molecule is [O-][S+](NC1CCNCC1)C12CC3CC(CC(C3)C1)C2. The fourth-order valence-electron chi connectivity index (χ4n) is 5.47. The number of nitrogens with one attached hydrogen (secondary N) is 2. The average Bonchev–Trinajstić information content (AvgIpc) is 2.38. The minimum Gasteiger partial charge on any atom is -0.598 e. The third-order valence-electron chi connectivity index (χ3n) is 5.99. The van der Waals surface area contributed by atoms with Crippen LogP contribution >= 0.6 is 0 Å². The Hall–Kier alpha value is 0.230. The molecule has 3 nitrogen and oxygen atoms in total. The zero-order valence-corrected chi connectivity index (χ0v) is 12.5. The highest BCUT2D eigenvalue weighted by Gasteiger charge is 2.58. The van der Waals surface area contributed by atoms with Crippen LogP contribution in [0.15, 0.2) is 0 Å². The molecule has 4 aliphatic carbocycles. The Bertz CT molecular complexity index is 308. The molecular weight excluding hydrogens is 256 g/mol. The smallest absolute Gasteiger partial charge is 0.146 e. The first-order chi connectivity index (χ1) is 9.23. The molecule has 5 rings (SSSR count). The molecule has 0 radical (unpaired) electrons. The van der Waals surface area contributed by atoms with Crippen LogP contribution in [0.25, 0.3) is 0 Å². The molecule has 4 bridgehead atoms. The van der Waals surface area contributed by atoms with Gasteiger partial charge >= 0.3 is 0 Å². The first-order valence-corrected chi connectivity index (χ1v) is 9.27. The maximum absolute atomic E-state index is 12.9. The van der Waals surface area contributed by atoms with Crippen LogP contribution in [0, 0.1) is 17.8 Å².